The van der Waals surface area contributed by atoms with Crippen LogP contribution in [0.3, 0.4) is 0 Å². The van der Waals surface area contributed by atoms with E-state index in [1.54, 1.807) is 0 Å². The zero-order valence-corrected chi connectivity index (χ0v) is 11.2. The number of benzene rings is 1. The first-order valence-corrected chi connectivity index (χ1v) is 6.24. The first-order chi connectivity index (χ1) is 9.91. The number of amides is 2. The Bertz CT molecular complexity index is 532. The maximum Gasteiger partial charge on any atom is 0.349 e. The third kappa shape index (κ3) is 5.49. The van der Waals surface area contributed by atoms with Gasteiger partial charge in [0.2, 0.25) is 0 Å². The molecule has 21 heavy (non-hydrogen) atoms. The van der Waals surface area contributed by atoms with Crippen LogP contribution in [0.1, 0.15) is 23.2 Å². The Morgan fingerprint density at radius 3 is 2.57 bits per heavy atom. The van der Waals surface area contributed by atoms with Crippen molar-refractivity contribution in [3.05, 3.63) is 29.8 Å². The predicted octanol–water partition coefficient (Wildman–Crippen LogP) is -0.149. The van der Waals surface area contributed by atoms with Gasteiger partial charge in [0, 0.05) is 6.54 Å². The topological polar surface area (TPSA) is 145 Å². The summed E-state index contributed by atoms with van der Waals surface area (Å²) >= 11 is 0. The van der Waals surface area contributed by atoms with Crippen molar-refractivity contribution < 1.29 is 24.2 Å². The van der Waals surface area contributed by atoms with Crippen molar-refractivity contribution in [1.82, 2.24) is 5.32 Å². The monoisotopic (exact) mass is 295 g/mol. The molecule has 0 aliphatic carbocycles. The van der Waals surface area contributed by atoms with Gasteiger partial charge in [-0.2, -0.15) is 0 Å². The number of aromatic hydroxyl groups is 1. The number of hydrogen-bond donors (Lipinski definition) is 4. The van der Waals surface area contributed by atoms with Gasteiger partial charge in [0.15, 0.2) is 0 Å². The van der Waals surface area contributed by atoms with Crippen molar-refractivity contribution in [3.8, 4) is 5.75 Å². The van der Waals surface area contributed by atoms with Gasteiger partial charge in [-0.25, -0.2) is 14.4 Å². The van der Waals surface area contributed by atoms with Gasteiger partial charge in [0.1, 0.15) is 17.4 Å². The average molecular weight is 295 g/mol. The molecule has 0 heterocycles. The molecule has 0 aromatic heterocycles. The Morgan fingerprint density at radius 2 is 1.95 bits per heavy atom. The van der Waals surface area contributed by atoms with E-state index < -0.39 is 24.0 Å². The van der Waals surface area contributed by atoms with Gasteiger partial charge in [-0.05, 0) is 25.0 Å². The van der Waals surface area contributed by atoms with Crippen LogP contribution >= 0.6 is 0 Å². The second-order valence-electron chi connectivity index (χ2n) is 4.27. The van der Waals surface area contributed by atoms with E-state index in [2.05, 4.69) is 10.1 Å². The van der Waals surface area contributed by atoms with E-state index in [-0.39, 0.29) is 24.3 Å². The van der Waals surface area contributed by atoms with Crippen LogP contribution < -0.4 is 16.8 Å². The Labute approximate surface area is 121 Å². The van der Waals surface area contributed by atoms with E-state index in [0.717, 1.165) is 0 Å². The van der Waals surface area contributed by atoms with Gasteiger partial charge < -0.3 is 26.6 Å². The Morgan fingerprint density at radius 1 is 1.29 bits per heavy atom. The van der Waals surface area contributed by atoms with Crippen LogP contribution in [0.5, 0.6) is 5.75 Å². The van der Waals surface area contributed by atoms with Crippen LogP contribution in [0.2, 0.25) is 0 Å². The molecule has 0 aliphatic rings. The van der Waals surface area contributed by atoms with Gasteiger partial charge in [-0.15, -0.1) is 0 Å². The molecular weight excluding hydrogens is 278 g/mol. The van der Waals surface area contributed by atoms with E-state index in [9.17, 15) is 19.5 Å². The highest BCUT2D eigenvalue weighted by atomic mass is 16.6. The summed E-state index contributed by atoms with van der Waals surface area (Å²) in [5.41, 5.74) is 10.3. The van der Waals surface area contributed by atoms with E-state index in [1.807, 2.05) is 0 Å². The van der Waals surface area contributed by atoms with Crippen molar-refractivity contribution in [2.75, 3.05) is 6.54 Å². The van der Waals surface area contributed by atoms with Crippen molar-refractivity contribution in [1.29, 1.82) is 0 Å². The first-order valence-electron chi connectivity index (χ1n) is 6.24. The molecule has 0 spiro atoms. The zero-order chi connectivity index (χ0) is 15.8. The number of para-hydroxylation sites is 1. The fraction of sp³-hybridized carbons (Fsp3) is 0.308. The number of phenols is 1. The summed E-state index contributed by atoms with van der Waals surface area (Å²) in [6.45, 7) is 0.268. The van der Waals surface area contributed by atoms with Crippen molar-refractivity contribution in [2.45, 2.75) is 18.9 Å². The van der Waals surface area contributed by atoms with Crippen LogP contribution in [0, 0.1) is 0 Å². The number of hydrogen-bond acceptors (Lipinski definition) is 6. The minimum atomic E-state index is -1.01. The highest BCUT2D eigenvalue weighted by molar-refractivity contribution is 5.99. The summed E-state index contributed by atoms with van der Waals surface area (Å²) in [4.78, 5) is 33.7. The fourth-order valence-electron chi connectivity index (χ4n) is 1.52. The van der Waals surface area contributed by atoms with Gasteiger partial charge in [0.25, 0.3) is 0 Å². The van der Waals surface area contributed by atoms with Crippen molar-refractivity contribution >= 4 is 18.0 Å². The standard InChI is InChI=1S/C13H17N3O5/c14-9(5-3-7-16-13(15)20)12(19)21-11(18)8-4-1-2-6-10(8)17/h1-2,4,6,9,17H,3,5,7,14H2,(H3,15,16,20)/t9-/m1/s1. The highest BCUT2D eigenvalue weighted by Gasteiger charge is 2.21. The predicted molar refractivity (Wildman–Crippen MR) is 73.3 cm³/mol. The van der Waals surface area contributed by atoms with Crippen LogP contribution in [-0.4, -0.2) is 35.7 Å². The first kappa shape index (κ1) is 16.4. The molecule has 1 atom stereocenters. The number of carbonyl (C=O) groups is 3. The minimum absolute atomic E-state index is 0.117. The van der Waals surface area contributed by atoms with Crippen LogP contribution in [-0.2, 0) is 9.53 Å². The largest absolute Gasteiger partial charge is 0.507 e. The molecule has 0 saturated heterocycles. The molecule has 0 fully saturated rings. The van der Waals surface area contributed by atoms with Gasteiger partial charge in [-0.3, -0.25) is 0 Å². The zero-order valence-electron chi connectivity index (χ0n) is 11.2. The summed E-state index contributed by atoms with van der Waals surface area (Å²) < 4.78 is 4.58. The molecule has 0 saturated carbocycles. The van der Waals surface area contributed by atoms with Crippen molar-refractivity contribution in [3.63, 3.8) is 0 Å². The number of esters is 2. The maximum atomic E-state index is 11.7. The number of carbonyl (C=O) groups excluding carboxylic acids is 3. The van der Waals surface area contributed by atoms with Gasteiger partial charge >= 0.3 is 18.0 Å². The Kier molecular flexibility index (Phi) is 6.15. The van der Waals surface area contributed by atoms with E-state index >= 15 is 0 Å². The van der Waals surface area contributed by atoms with Crippen LogP contribution in [0.15, 0.2) is 24.3 Å². The molecule has 6 N–H and O–H groups in total. The Hall–Kier alpha value is -2.61. The number of ether oxygens (including phenoxy) is 1. The summed E-state index contributed by atoms with van der Waals surface area (Å²) in [6.07, 6.45) is 0.622. The molecule has 0 radical (unpaired) electrons. The summed E-state index contributed by atoms with van der Waals surface area (Å²) in [5, 5.41) is 11.8. The van der Waals surface area contributed by atoms with Crippen LogP contribution in [0.25, 0.3) is 0 Å². The lowest BCUT2D eigenvalue weighted by atomic mass is 10.1. The normalized spacial score (nSPS) is 11.5. The van der Waals surface area contributed by atoms with E-state index in [0.29, 0.717) is 6.42 Å². The molecule has 8 nitrogen and oxygen atoms in total. The fourth-order valence-corrected chi connectivity index (χ4v) is 1.52. The molecule has 0 aliphatic heterocycles. The minimum Gasteiger partial charge on any atom is -0.507 e. The molecule has 1 aromatic carbocycles. The molecule has 0 bridgehead atoms. The van der Waals surface area contributed by atoms with Crippen molar-refractivity contribution in [2.24, 2.45) is 11.5 Å². The highest BCUT2D eigenvalue weighted by Crippen LogP contribution is 2.16. The third-order valence-electron chi connectivity index (χ3n) is 2.61. The van der Waals surface area contributed by atoms with Gasteiger partial charge in [-0.1, -0.05) is 12.1 Å². The number of phenolic OH excluding ortho intramolecular Hbond substituents is 1. The summed E-state index contributed by atoms with van der Waals surface area (Å²) in [6, 6.07) is 4.01. The average Bonchev–Trinajstić information content (AvgIpc) is 2.43. The SMILES string of the molecule is NC(=O)NCCC[C@@H](N)C(=O)OC(=O)c1ccccc1O. The quantitative estimate of drug-likeness (QED) is 0.326. The lowest BCUT2D eigenvalue weighted by molar-refractivity contribution is -0.139. The number of urea groups is 1. The maximum absolute atomic E-state index is 11.7. The lowest BCUT2D eigenvalue weighted by Gasteiger charge is -2.10. The molecule has 8 heteroatoms. The smallest absolute Gasteiger partial charge is 0.349 e. The van der Waals surface area contributed by atoms with Gasteiger partial charge in [0.05, 0.1) is 0 Å². The third-order valence-corrected chi connectivity index (χ3v) is 2.61. The molecule has 114 valence electrons. The molecule has 0 unspecified atom stereocenters. The lowest BCUT2D eigenvalue weighted by Crippen LogP contribution is -2.35. The van der Waals surface area contributed by atoms with E-state index in [4.69, 9.17) is 11.5 Å². The van der Waals surface area contributed by atoms with Crippen LogP contribution in [0.4, 0.5) is 4.79 Å². The molecule has 2 amide bonds. The summed E-state index contributed by atoms with van der Waals surface area (Å²) in [5.74, 6) is -2.15. The Balaban J connectivity index is 2.43. The summed E-state index contributed by atoms with van der Waals surface area (Å²) in [7, 11) is 0. The number of nitrogens with two attached hydrogens (primary N) is 2. The molecular formula is C13H17N3O5. The number of rotatable bonds is 6. The van der Waals surface area contributed by atoms with E-state index in [1.165, 1.54) is 24.3 Å². The number of primary amides is 1. The molecule has 1 aromatic rings. The second kappa shape index (κ2) is 7.85. The second-order valence-corrected chi connectivity index (χ2v) is 4.27. The molecule has 1 rings (SSSR count). The number of nitrogens with one attached hydrogen (secondary N) is 1.